The molecule has 0 aromatic heterocycles. The topological polar surface area (TPSA) is 48.0 Å². The number of hydrogen-bond donors (Lipinski definition) is 0. The molecule has 2 atom stereocenters. The van der Waals surface area contributed by atoms with Gasteiger partial charge in [-0.15, -0.1) is 0 Å². The highest BCUT2D eigenvalue weighted by molar-refractivity contribution is 5.68. The van der Waals surface area contributed by atoms with Crippen LogP contribution in [0, 0.1) is 0 Å². The van der Waals surface area contributed by atoms with Crippen molar-refractivity contribution in [1.82, 2.24) is 4.90 Å². The van der Waals surface area contributed by atoms with Crippen molar-refractivity contribution in [2.45, 2.75) is 77.1 Å². The molecule has 0 radical (unpaired) electrons. The Bertz CT molecular complexity index is 373. The van der Waals surface area contributed by atoms with Gasteiger partial charge in [0.15, 0.2) is 0 Å². The fraction of sp³-hybridized carbons (Fsp3) is 0.941. The number of hydrogen-bond acceptors (Lipinski definition) is 4. The quantitative estimate of drug-likeness (QED) is 0.798. The summed E-state index contributed by atoms with van der Waals surface area (Å²) in [6, 6.07) is 0. The van der Waals surface area contributed by atoms with E-state index in [9.17, 15) is 4.79 Å². The molecular weight excluding hydrogens is 282 g/mol. The summed E-state index contributed by atoms with van der Waals surface area (Å²) >= 11 is 0. The molecule has 0 aliphatic carbocycles. The molecule has 22 heavy (non-hydrogen) atoms. The largest absolute Gasteiger partial charge is 0.444 e. The molecule has 0 aromatic rings. The second-order valence-corrected chi connectivity index (χ2v) is 7.49. The van der Waals surface area contributed by atoms with Crippen LogP contribution in [0.4, 0.5) is 4.79 Å². The molecule has 5 heteroatoms. The average molecular weight is 313 g/mol. The predicted molar refractivity (Wildman–Crippen MR) is 85.0 cm³/mol. The Balaban J connectivity index is 1.85. The highest BCUT2D eigenvalue weighted by Crippen LogP contribution is 2.30. The lowest BCUT2D eigenvalue weighted by Crippen LogP contribution is -2.41. The zero-order chi connectivity index (χ0) is 16.2. The molecule has 0 bridgehead atoms. The Morgan fingerprint density at radius 2 is 2.14 bits per heavy atom. The summed E-state index contributed by atoms with van der Waals surface area (Å²) in [5, 5.41) is 0. The number of likely N-dealkylation sites (tertiary alicyclic amines) is 1. The summed E-state index contributed by atoms with van der Waals surface area (Å²) in [7, 11) is 0. The van der Waals surface area contributed by atoms with Crippen LogP contribution in [-0.2, 0) is 14.2 Å². The highest BCUT2D eigenvalue weighted by Gasteiger charge is 2.41. The van der Waals surface area contributed by atoms with Crippen LogP contribution < -0.4 is 0 Å². The summed E-state index contributed by atoms with van der Waals surface area (Å²) in [6.45, 7) is 10.6. The summed E-state index contributed by atoms with van der Waals surface area (Å²) in [4.78, 5) is 14.0. The van der Waals surface area contributed by atoms with Crippen LogP contribution in [0.15, 0.2) is 0 Å². The average Bonchev–Trinajstić information content (AvgIpc) is 2.90. The van der Waals surface area contributed by atoms with Gasteiger partial charge >= 0.3 is 6.09 Å². The molecule has 2 rings (SSSR count). The minimum absolute atomic E-state index is 0.216. The van der Waals surface area contributed by atoms with Crippen LogP contribution in [0.3, 0.4) is 0 Å². The van der Waals surface area contributed by atoms with Crippen LogP contribution in [0.1, 0.15) is 59.8 Å². The second-order valence-electron chi connectivity index (χ2n) is 7.49. The third kappa shape index (κ3) is 4.85. The molecule has 2 saturated heterocycles. The first-order valence-corrected chi connectivity index (χ1v) is 8.57. The lowest BCUT2D eigenvalue weighted by atomic mass is 9.99. The monoisotopic (exact) mass is 313 g/mol. The Hall–Kier alpha value is -0.810. The lowest BCUT2D eigenvalue weighted by molar-refractivity contribution is -0.104. The minimum atomic E-state index is -0.453. The Morgan fingerprint density at radius 3 is 2.73 bits per heavy atom. The van der Waals surface area contributed by atoms with Crippen molar-refractivity contribution in [3.63, 3.8) is 0 Å². The Labute approximate surface area is 134 Å². The Morgan fingerprint density at radius 1 is 1.36 bits per heavy atom. The fourth-order valence-corrected chi connectivity index (χ4v) is 3.04. The van der Waals surface area contributed by atoms with Gasteiger partial charge in [-0.25, -0.2) is 4.79 Å². The van der Waals surface area contributed by atoms with Crippen LogP contribution in [-0.4, -0.2) is 54.6 Å². The van der Waals surface area contributed by atoms with E-state index in [0.717, 1.165) is 32.3 Å². The van der Waals surface area contributed by atoms with Crippen LogP contribution in [0.2, 0.25) is 0 Å². The van der Waals surface area contributed by atoms with Gasteiger partial charge < -0.3 is 19.1 Å². The summed E-state index contributed by atoms with van der Waals surface area (Å²) in [5.41, 5.74) is -0.691. The van der Waals surface area contributed by atoms with Gasteiger partial charge in [0.05, 0.1) is 24.9 Å². The smallest absolute Gasteiger partial charge is 0.410 e. The van der Waals surface area contributed by atoms with E-state index >= 15 is 0 Å². The highest BCUT2D eigenvalue weighted by atomic mass is 16.6. The number of carbonyl (C=O) groups is 1. The molecular formula is C17H31NO4. The molecule has 0 aromatic carbocycles. The number of carbonyl (C=O) groups excluding carboxylic acids is 1. The molecule has 1 amide bonds. The SMILES string of the molecule is CCC1(OCC2CCCCO2)CCN(C(=O)OC(C)(C)C)C1. The molecule has 128 valence electrons. The minimum Gasteiger partial charge on any atom is -0.444 e. The maximum absolute atomic E-state index is 12.2. The van der Waals surface area contributed by atoms with E-state index in [1.54, 1.807) is 4.90 Å². The van der Waals surface area contributed by atoms with Gasteiger partial charge in [-0.3, -0.25) is 0 Å². The zero-order valence-corrected chi connectivity index (χ0v) is 14.5. The molecule has 0 spiro atoms. The first kappa shape index (κ1) is 17.5. The van der Waals surface area contributed by atoms with Gasteiger partial charge in [-0.05, 0) is 52.9 Å². The third-order valence-corrected chi connectivity index (χ3v) is 4.46. The third-order valence-electron chi connectivity index (χ3n) is 4.46. The van der Waals surface area contributed by atoms with Crippen molar-refractivity contribution in [3.05, 3.63) is 0 Å². The molecule has 2 aliphatic rings. The number of nitrogens with zero attached hydrogens (tertiary/aromatic N) is 1. The van der Waals surface area contributed by atoms with Gasteiger partial charge in [-0.1, -0.05) is 6.92 Å². The van der Waals surface area contributed by atoms with Gasteiger partial charge in [0.1, 0.15) is 5.60 Å². The molecule has 0 N–H and O–H groups in total. The maximum atomic E-state index is 12.2. The van der Waals surface area contributed by atoms with E-state index in [-0.39, 0.29) is 17.8 Å². The number of rotatable bonds is 4. The first-order chi connectivity index (χ1) is 10.3. The first-order valence-electron chi connectivity index (χ1n) is 8.57. The van der Waals surface area contributed by atoms with E-state index in [1.165, 1.54) is 6.42 Å². The van der Waals surface area contributed by atoms with Crippen molar-refractivity contribution in [2.24, 2.45) is 0 Å². The fourth-order valence-electron chi connectivity index (χ4n) is 3.04. The van der Waals surface area contributed by atoms with Gasteiger partial charge in [0.2, 0.25) is 0 Å². The van der Waals surface area contributed by atoms with Crippen molar-refractivity contribution in [2.75, 3.05) is 26.3 Å². The Kier molecular flexibility index (Phi) is 5.72. The van der Waals surface area contributed by atoms with Gasteiger partial charge in [0.25, 0.3) is 0 Å². The van der Waals surface area contributed by atoms with E-state index in [2.05, 4.69) is 6.92 Å². The maximum Gasteiger partial charge on any atom is 0.410 e. The van der Waals surface area contributed by atoms with E-state index in [0.29, 0.717) is 19.7 Å². The molecule has 2 heterocycles. The number of ether oxygens (including phenoxy) is 3. The number of amides is 1. The van der Waals surface area contributed by atoms with Crippen molar-refractivity contribution >= 4 is 6.09 Å². The van der Waals surface area contributed by atoms with Crippen molar-refractivity contribution < 1.29 is 19.0 Å². The molecule has 5 nitrogen and oxygen atoms in total. The van der Waals surface area contributed by atoms with Crippen molar-refractivity contribution in [1.29, 1.82) is 0 Å². The summed E-state index contributed by atoms with van der Waals surface area (Å²) in [5.74, 6) is 0. The van der Waals surface area contributed by atoms with Crippen LogP contribution in [0.25, 0.3) is 0 Å². The second kappa shape index (κ2) is 7.18. The molecule has 0 saturated carbocycles. The summed E-state index contributed by atoms with van der Waals surface area (Å²) in [6.07, 6.45) is 5.20. The van der Waals surface area contributed by atoms with E-state index < -0.39 is 5.60 Å². The van der Waals surface area contributed by atoms with Gasteiger partial charge in [0, 0.05) is 13.2 Å². The standard InChI is InChI=1S/C17H31NO4/c1-5-17(21-12-14-8-6-7-11-20-14)9-10-18(13-17)15(19)22-16(2,3)4/h14H,5-13H2,1-4H3. The predicted octanol–water partition coefficient (Wildman–Crippen LogP) is 3.36. The zero-order valence-electron chi connectivity index (χ0n) is 14.5. The van der Waals surface area contributed by atoms with Crippen molar-refractivity contribution in [3.8, 4) is 0 Å². The molecule has 2 unspecified atom stereocenters. The molecule has 2 fully saturated rings. The normalized spacial score (nSPS) is 29.6. The van der Waals surface area contributed by atoms with E-state index in [1.807, 2.05) is 20.8 Å². The van der Waals surface area contributed by atoms with Crippen LogP contribution in [0.5, 0.6) is 0 Å². The lowest BCUT2D eigenvalue weighted by Gasteiger charge is -2.32. The molecule has 2 aliphatic heterocycles. The summed E-state index contributed by atoms with van der Waals surface area (Å²) < 4.78 is 17.4. The van der Waals surface area contributed by atoms with Gasteiger partial charge in [-0.2, -0.15) is 0 Å². The van der Waals surface area contributed by atoms with Crippen LogP contribution >= 0.6 is 0 Å². The van der Waals surface area contributed by atoms with E-state index in [4.69, 9.17) is 14.2 Å².